The van der Waals surface area contributed by atoms with E-state index in [1.807, 2.05) is 18.0 Å². The van der Waals surface area contributed by atoms with Crippen LogP contribution in [-0.4, -0.2) is 39.1 Å². The Morgan fingerprint density at radius 3 is 3.04 bits per heavy atom. The molecule has 6 nitrogen and oxygen atoms in total. The number of nitrogens with two attached hydrogens (primary N) is 1. The summed E-state index contributed by atoms with van der Waals surface area (Å²) in [4.78, 5) is 19.8. The van der Waals surface area contributed by atoms with Crippen molar-refractivity contribution in [3.05, 3.63) is 28.0 Å². The van der Waals surface area contributed by atoms with Crippen LogP contribution in [0.15, 0.2) is 6.20 Å². The number of anilines is 1. The maximum atomic E-state index is 12.9. The summed E-state index contributed by atoms with van der Waals surface area (Å²) in [6, 6.07) is 0. The number of aromatic nitrogens is 3. The fourth-order valence-corrected chi connectivity index (χ4v) is 4.16. The molecule has 1 atom stereocenters. The number of hydrogen-bond donors (Lipinski definition) is 2. The van der Waals surface area contributed by atoms with Gasteiger partial charge in [-0.05, 0) is 31.2 Å². The normalized spacial score (nSPS) is 18.3. The van der Waals surface area contributed by atoms with E-state index in [9.17, 15) is 4.79 Å². The number of carbonyl (C=O) groups is 1. The third-order valence-corrected chi connectivity index (χ3v) is 5.41. The highest BCUT2D eigenvalue weighted by molar-refractivity contribution is 7.17. The van der Waals surface area contributed by atoms with E-state index >= 15 is 0 Å². The largest absolute Gasteiger partial charge is 0.375 e. The summed E-state index contributed by atoms with van der Waals surface area (Å²) >= 11 is 1.30. The van der Waals surface area contributed by atoms with Crippen LogP contribution in [0.5, 0.6) is 0 Å². The molecule has 1 aliphatic heterocycles. The number of carbonyl (C=O) groups excluding carboxylic acids is 1. The van der Waals surface area contributed by atoms with Crippen molar-refractivity contribution in [1.82, 2.24) is 20.1 Å². The van der Waals surface area contributed by atoms with Crippen molar-refractivity contribution in [1.29, 1.82) is 0 Å². The Labute approximate surface area is 140 Å². The molecule has 0 aliphatic carbocycles. The van der Waals surface area contributed by atoms with E-state index in [0.29, 0.717) is 15.9 Å². The standard InChI is InChI=1S/C16H23N5OS/c1-3-10-8-18-20-13(10)11-6-5-7-21(9-11)15(22)14-12(4-2)19-16(17)23-14/h8,11H,3-7,9H2,1-2H3,(H2,17,19)(H,18,20). The van der Waals surface area contributed by atoms with Crippen molar-refractivity contribution >= 4 is 22.4 Å². The van der Waals surface area contributed by atoms with Gasteiger partial charge in [-0.15, -0.1) is 0 Å². The lowest BCUT2D eigenvalue weighted by Crippen LogP contribution is -2.39. The Morgan fingerprint density at radius 1 is 1.48 bits per heavy atom. The second-order valence-electron chi connectivity index (χ2n) is 5.93. The van der Waals surface area contributed by atoms with Gasteiger partial charge >= 0.3 is 0 Å². The summed E-state index contributed by atoms with van der Waals surface area (Å²) in [7, 11) is 0. The van der Waals surface area contributed by atoms with Crippen molar-refractivity contribution in [2.45, 2.75) is 45.4 Å². The topological polar surface area (TPSA) is 87.9 Å². The highest BCUT2D eigenvalue weighted by Gasteiger charge is 2.29. The first-order chi connectivity index (χ1) is 11.1. The fraction of sp³-hybridized carbons (Fsp3) is 0.562. The molecule has 3 rings (SSSR count). The lowest BCUT2D eigenvalue weighted by atomic mass is 9.92. The van der Waals surface area contributed by atoms with Gasteiger partial charge in [0.1, 0.15) is 4.88 Å². The summed E-state index contributed by atoms with van der Waals surface area (Å²) < 4.78 is 0. The fourth-order valence-electron chi connectivity index (χ4n) is 3.27. The molecular weight excluding hydrogens is 310 g/mol. The minimum atomic E-state index is 0.0679. The van der Waals surface area contributed by atoms with Crippen molar-refractivity contribution in [3.63, 3.8) is 0 Å². The first-order valence-corrected chi connectivity index (χ1v) is 9.02. The Hall–Kier alpha value is -1.89. The molecule has 0 spiro atoms. The number of rotatable bonds is 4. The van der Waals surface area contributed by atoms with Crippen molar-refractivity contribution in [2.24, 2.45) is 0 Å². The molecule has 3 N–H and O–H groups in total. The minimum Gasteiger partial charge on any atom is -0.375 e. The number of likely N-dealkylation sites (tertiary alicyclic amines) is 1. The van der Waals surface area contributed by atoms with Crippen molar-refractivity contribution in [3.8, 4) is 0 Å². The summed E-state index contributed by atoms with van der Waals surface area (Å²) in [5.41, 5.74) is 9.04. The molecular formula is C16H23N5OS. The Morgan fingerprint density at radius 2 is 2.30 bits per heavy atom. The first-order valence-electron chi connectivity index (χ1n) is 8.20. The lowest BCUT2D eigenvalue weighted by molar-refractivity contribution is 0.0709. The number of hydrogen-bond acceptors (Lipinski definition) is 5. The van der Waals surface area contributed by atoms with Gasteiger partial charge in [0.2, 0.25) is 0 Å². The number of aryl methyl sites for hydroxylation is 2. The summed E-state index contributed by atoms with van der Waals surface area (Å²) in [6.45, 7) is 5.66. The van der Waals surface area contributed by atoms with Gasteiger partial charge in [-0.25, -0.2) is 4.98 Å². The second kappa shape index (κ2) is 6.70. The van der Waals surface area contributed by atoms with E-state index in [0.717, 1.165) is 44.5 Å². The maximum Gasteiger partial charge on any atom is 0.265 e. The van der Waals surface area contributed by atoms with Gasteiger partial charge < -0.3 is 10.6 Å². The molecule has 0 aromatic carbocycles. The van der Waals surface area contributed by atoms with Crippen LogP contribution in [0.2, 0.25) is 0 Å². The second-order valence-corrected chi connectivity index (χ2v) is 6.96. The van der Waals surface area contributed by atoms with Gasteiger partial charge in [-0.2, -0.15) is 5.10 Å². The van der Waals surface area contributed by atoms with E-state index in [2.05, 4.69) is 22.1 Å². The molecule has 1 saturated heterocycles. The molecule has 23 heavy (non-hydrogen) atoms. The third kappa shape index (κ3) is 3.10. The van der Waals surface area contributed by atoms with Crippen LogP contribution >= 0.6 is 11.3 Å². The van der Waals surface area contributed by atoms with E-state index in [1.165, 1.54) is 22.6 Å². The summed E-state index contributed by atoms with van der Waals surface area (Å²) in [5.74, 6) is 0.402. The highest BCUT2D eigenvalue weighted by atomic mass is 32.1. The zero-order chi connectivity index (χ0) is 16.4. The molecule has 0 radical (unpaired) electrons. The van der Waals surface area contributed by atoms with Gasteiger partial charge in [0.25, 0.3) is 5.91 Å². The zero-order valence-corrected chi connectivity index (χ0v) is 14.4. The number of piperidine rings is 1. The van der Waals surface area contributed by atoms with Gasteiger partial charge in [0, 0.05) is 24.7 Å². The molecule has 124 valence electrons. The minimum absolute atomic E-state index is 0.0679. The van der Waals surface area contributed by atoms with Crippen LogP contribution < -0.4 is 5.73 Å². The Balaban J connectivity index is 1.79. The molecule has 0 bridgehead atoms. The average molecular weight is 333 g/mol. The predicted molar refractivity (Wildman–Crippen MR) is 91.7 cm³/mol. The quantitative estimate of drug-likeness (QED) is 0.900. The number of H-pyrrole nitrogens is 1. The van der Waals surface area contributed by atoms with E-state index < -0.39 is 0 Å². The number of nitrogens with zero attached hydrogens (tertiary/aromatic N) is 3. The van der Waals surface area contributed by atoms with Crippen LogP contribution in [0.3, 0.4) is 0 Å². The molecule has 1 amide bonds. The van der Waals surface area contributed by atoms with Gasteiger partial charge in [0.05, 0.1) is 11.9 Å². The molecule has 3 heterocycles. The highest BCUT2D eigenvalue weighted by Crippen LogP contribution is 2.30. The first kappa shape index (κ1) is 16.0. The van der Waals surface area contributed by atoms with Gasteiger partial charge in [-0.3, -0.25) is 9.89 Å². The van der Waals surface area contributed by atoms with Gasteiger partial charge in [-0.1, -0.05) is 25.2 Å². The zero-order valence-electron chi connectivity index (χ0n) is 13.6. The number of nitrogens with one attached hydrogen (secondary N) is 1. The maximum absolute atomic E-state index is 12.9. The SMILES string of the molecule is CCc1cn[nH]c1C1CCCN(C(=O)c2sc(N)nc2CC)C1. The molecule has 0 saturated carbocycles. The molecule has 1 fully saturated rings. The molecule has 7 heteroatoms. The summed E-state index contributed by atoms with van der Waals surface area (Å²) in [6.07, 6.45) is 5.68. The van der Waals surface area contributed by atoms with E-state index in [-0.39, 0.29) is 5.91 Å². The van der Waals surface area contributed by atoms with Crippen LogP contribution in [0.4, 0.5) is 5.13 Å². The third-order valence-electron chi connectivity index (χ3n) is 4.49. The smallest absolute Gasteiger partial charge is 0.265 e. The van der Waals surface area contributed by atoms with Crippen LogP contribution in [-0.2, 0) is 12.8 Å². The van der Waals surface area contributed by atoms with E-state index in [1.54, 1.807) is 0 Å². The summed E-state index contributed by atoms with van der Waals surface area (Å²) in [5, 5.41) is 7.78. The average Bonchev–Trinajstić information content (AvgIpc) is 3.20. The van der Waals surface area contributed by atoms with E-state index in [4.69, 9.17) is 5.73 Å². The Bertz CT molecular complexity index is 692. The van der Waals surface area contributed by atoms with Crippen LogP contribution in [0.25, 0.3) is 0 Å². The number of aromatic amines is 1. The number of nitrogen functional groups attached to an aromatic ring is 1. The molecule has 1 unspecified atom stereocenters. The molecule has 1 aliphatic rings. The van der Waals surface area contributed by atoms with Crippen molar-refractivity contribution < 1.29 is 4.79 Å². The van der Waals surface area contributed by atoms with Crippen molar-refractivity contribution in [2.75, 3.05) is 18.8 Å². The monoisotopic (exact) mass is 333 g/mol. The van der Waals surface area contributed by atoms with Gasteiger partial charge in [0.15, 0.2) is 5.13 Å². The number of amides is 1. The number of thiazole rings is 1. The predicted octanol–water partition coefficient (Wildman–Crippen LogP) is 2.59. The lowest BCUT2D eigenvalue weighted by Gasteiger charge is -2.32. The molecule has 2 aromatic rings. The Kier molecular flexibility index (Phi) is 4.66. The molecule has 2 aromatic heterocycles. The van der Waals surface area contributed by atoms with Crippen LogP contribution in [0, 0.1) is 0 Å². The van der Waals surface area contributed by atoms with Crippen LogP contribution in [0.1, 0.15) is 59.2 Å².